The summed E-state index contributed by atoms with van der Waals surface area (Å²) in [5, 5.41) is 4.29. The topological polar surface area (TPSA) is 47.5 Å². The van der Waals surface area contributed by atoms with Crippen LogP contribution in [-0.2, 0) is 0 Å². The molecule has 0 unspecified atom stereocenters. The Balaban J connectivity index is 1.29. The number of anilines is 5. The Morgan fingerprint density at radius 2 is 1.57 bits per heavy atom. The highest BCUT2D eigenvalue weighted by molar-refractivity contribution is 6.30. The van der Waals surface area contributed by atoms with Crippen LogP contribution in [0.3, 0.4) is 0 Å². The minimum Gasteiger partial charge on any atom is -0.368 e. The predicted octanol–water partition coefficient (Wildman–Crippen LogP) is 6.31. The third-order valence-corrected chi connectivity index (χ3v) is 7.39. The first-order valence-electron chi connectivity index (χ1n) is 12.7. The first-order chi connectivity index (χ1) is 17.0. The molecule has 1 saturated carbocycles. The van der Waals surface area contributed by atoms with Crippen LogP contribution in [0.15, 0.2) is 54.6 Å². The van der Waals surface area contributed by atoms with E-state index in [0.717, 1.165) is 60.4 Å². The van der Waals surface area contributed by atoms with Crippen LogP contribution in [0.25, 0.3) is 0 Å². The third-order valence-electron chi connectivity index (χ3n) is 7.15. The standard InChI is InChI=1S/C28H35ClN6/c1-33(2)27-20-26(30-24-13-11-22(12-14-24)21-7-4-3-5-8-21)31-28(32-27)35-17-15-34(16-18-35)25-10-6-9-23(29)19-25/h6,9-14,19-21H,3-5,7-8,15-18H2,1-2H3,(H,30,31,32). The average Bonchev–Trinajstić information content (AvgIpc) is 2.89. The SMILES string of the molecule is CN(C)c1cc(Nc2ccc(C3CCCCC3)cc2)nc(N2CCN(c3cccc(Cl)c3)CC2)n1. The van der Waals surface area contributed by atoms with E-state index in [1.807, 2.05) is 43.3 Å². The fourth-order valence-electron chi connectivity index (χ4n) is 5.12. The van der Waals surface area contributed by atoms with Crippen molar-refractivity contribution in [3.63, 3.8) is 0 Å². The van der Waals surface area contributed by atoms with E-state index < -0.39 is 0 Å². The summed E-state index contributed by atoms with van der Waals surface area (Å²) in [6.45, 7) is 3.53. The molecule has 1 saturated heterocycles. The van der Waals surface area contributed by atoms with Gasteiger partial charge in [0, 0.05) is 62.7 Å². The first-order valence-corrected chi connectivity index (χ1v) is 13.1. The molecule has 2 aromatic carbocycles. The number of piperazine rings is 1. The van der Waals surface area contributed by atoms with E-state index in [-0.39, 0.29) is 0 Å². The van der Waals surface area contributed by atoms with Crippen molar-refractivity contribution in [2.75, 3.05) is 60.3 Å². The van der Waals surface area contributed by atoms with Gasteiger partial charge in [-0.2, -0.15) is 9.97 Å². The molecular formula is C28H35ClN6. The van der Waals surface area contributed by atoms with E-state index in [0.29, 0.717) is 0 Å². The summed E-state index contributed by atoms with van der Waals surface area (Å²) in [5.41, 5.74) is 3.69. The van der Waals surface area contributed by atoms with Crippen LogP contribution in [-0.4, -0.2) is 50.2 Å². The number of benzene rings is 2. The molecule has 2 aliphatic rings. The second kappa shape index (κ2) is 10.7. The van der Waals surface area contributed by atoms with Gasteiger partial charge in [0.1, 0.15) is 11.6 Å². The van der Waals surface area contributed by atoms with Crippen LogP contribution in [0.1, 0.15) is 43.6 Å². The van der Waals surface area contributed by atoms with Crippen molar-refractivity contribution in [1.82, 2.24) is 9.97 Å². The molecular weight excluding hydrogens is 456 g/mol. The van der Waals surface area contributed by atoms with Crippen LogP contribution in [0.4, 0.5) is 29.0 Å². The quantitative estimate of drug-likeness (QED) is 0.436. The number of hydrogen-bond donors (Lipinski definition) is 1. The summed E-state index contributed by atoms with van der Waals surface area (Å²) >= 11 is 6.20. The zero-order chi connectivity index (χ0) is 24.2. The zero-order valence-corrected chi connectivity index (χ0v) is 21.5. The summed E-state index contributed by atoms with van der Waals surface area (Å²) in [7, 11) is 4.04. The maximum absolute atomic E-state index is 6.20. The van der Waals surface area contributed by atoms with E-state index in [2.05, 4.69) is 45.4 Å². The van der Waals surface area contributed by atoms with Gasteiger partial charge in [0.2, 0.25) is 5.95 Å². The molecule has 0 spiro atoms. The molecule has 3 aromatic rings. The first kappa shape index (κ1) is 23.7. The molecule has 2 fully saturated rings. The highest BCUT2D eigenvalue weighted by Gasteiger charge is 2.21. The summed E-state index contributed by atoms with van der Waals surface area (Å²) in [4.78, 5) is 16.4. The van der Waals surface area contributed by atoms with Crippen molar-refractivity contribution in [2.24, 2.45) is 0 Å². The molecule has 1 aromatic heterocycles. The fraction of sp³-hybridized carbons (Fsp3) is 0.429. The Morgan fingerprint density at radius 3 is 2.26 bits per heavy atom. The molecule has 1 aliphatic heterocycles. The Labute approximate surface area is 213 Å². The molecule has 0 amide bonds. The van der Waals surface area contributed by atoms with Gasteiger partial charge in [-0.1, -0.05) is 49.1 Å². The molecule has 7 heteroatoms. The fourth-order valence-corrected chi connectivity index (χ4v) is 5.30. The van der Waals surface area contributed by atoms with Gasteiger partial charge in [-0.15, -0.1) is 0 Å². The van der Waals surface area contributed by atoms with Gasteiger partial charge in [0.25, 0.3) is 0 Å². The number of hydrogen-bond acceptors (Lipinski definition) is 6. The molecule has 184 valence electrons. The molecule has 6 nitrogen and oxygen atoms in total. The minimum atomic E-state index is 0.717. The molecule has 0 bridgehead atoms. The maximum atomic E-state index is 6.20. The van der Waals surface area contributed by atoms with Crippen LogP contribution < -0.4 is 20.0 Å². The highest BCUT2D eigenvalue weighted by Crippen LogP contribution is 2.33. The lowest BCUT2D eigenvalue weighted by Gasteiger charge is -2.36. The van der Waals surface area contributed by atoms with Crippen LogP contribution in [0, 0.1) is 0 Å². The molecule has 1 N–H and O–H groups in total. The number of nitrogens with one attached hydrogen (secondary N) is 1. The van der Waals surface area contributed by atoms with Gasteiger partial charge in [0.15, 0.2) is 0 Å². The van der Waals surface area contributed by atoms with E-state index in [9.17, 15) is 0 Å². The Morgan fingerprint density at radius 1 is 0.857 bits per heavy atom. The van der Waals surface area contributed by atoms with Crippen LogP contribution >= 0.6 is 11.6 Å². The summed E-state index contributed by atoms with van der Waals surface area (Å²) < 4.78 is 0. The zero-order valence-electron chi connectivity index (χ0n) is 20.8. The van der Waals surface area contributed by atoms with Gasteiger partial charge in [-0.25, -0.2) is 0 Å². The Bertz CT molecular complexity index is 1120. The second-order valence-electron chi connectivity index (χ2n) is 9.84. The van der Waals surface area contributed by atoms with Gasteiger partial charge in [-0.05, 0) is 54.7 Å². The van der Waals surface area contributed by atoms with Crippen molar-refractivity contribution < 1.29 is 0 Å². The van der Waals surface area contributed by atoms with Crippen LogP contribution in [0.2, 0.25) is 5.02 Å². The number of halogens is 1. The van der Waals surface area contributed by atoms with Gasteiger partial charge in [-0.3, -0.25) is 0 Å². The van der Waals surface area contributed by atoms with E-state index in [4.69, 9.17) is 21.6 Å². The van der Waals surface area contributed by atoms with E-state index in [1.165, 1.54) is 43.4 Å². The lowest BCUT2D eigenvalue weighted by atomic mass is 9.84. The molecule has 0 radical (unpaired) electrons. The van der Waals surface area contributed by atoms with Crippen LogP contribution in [0.5, 0.6) is 0 Å². The lowest BCUT2D eigenvalue weighted by molar-refractivity contribution is 0.443. The Hall–Kier alpha value is -2.99. The predicted molar refractivity (Wildman–Crippen MR) is 148 cm³/mol. The van der Waals surface area contributed by atoms with Crippen molar-refractivity contribution in [3.8, 4) is 0 Å². The molecule has 0 atom stereocenters. The monoisotopic (exact) mass is 490 g/mol. The number of aromatic nitrogens is 2. The van der Waals surface area contributed by atoms with Crippen molar-refractivity contribution >= 4 is 40.6 Å². The molecule has 5 rings (SSSR count). The number of rotatable bonds is 6. The average molecular weight is 491 g/mol. The van der Waals surface area contributed by atoms with Crippen molar-refractivity contribution in [2.45, 2.75) is 38.0 Å². The minimum absolute atomic E-state index is 0.717. The van der Waals surface area contributed by atoms with Crippen molar-refractivity contribution in [3.05, 3.63) is 65.2 Å². The number of nitrogens with zero attached hydrogens (tertiary/aromatic N) is 5. The lowest BCUT2D eigenvalue weighted by Crippen LogP contribution is -2.47. The van der Waals surface area contributed by atoms with E-state index in [1.54, 1.807) is 0 Å². The third kappa shape index (κ3) is 5.81. The largest absolute Gasteiger partial charge is 0.368 e. The van der Waals surface area contributed by atoms with Gasteiger partial charge >= 0.3 is 0 Å². The van der Waals surface area contributed by atoms with E-state index >= 15 is 0 Å². The summed E-state index contributed by atoms with van der Waals surface area (Å²) in [5.74, 6) is 3.20. The maximum Gasteiger partial charge on any atom is 0.229 e. The summed E-state index contributed by atoms with van der Waals surface area (Å²) in [6, 6.07) is 19.0. The molecule has 1 aliphatic carbocycles. The summed E-state index contributed by atoms with van der Waals surface area (Å²) in [6.07, 6.45) is 6.73. The Kier molecular flexibility index (Phi) is 7.28. The molecule has 2 heterocycles. The second-order valence-corrected chi connectivity index (χ2v) is 10.3. The molecule has 35 heavy (non-hydrogen) atoms. The smallest absolute Gasteiger partial charge is 0.229 e. The highest BCUT2D eigenvalue weighted by atomic mass is 35.5. The van der Waals surface area contributed by atoms with Gasteiger partial charge < -0.3 is 20.0 Å². The van der Waals surface area contributed by atoms with Crippen molar-refractivity contribution in [1.29, 1.82) is 0 Å². The van der Waals surface area contributed by atoms with Gasteiger partial charge in [0.05, 0.1) is 0 Å². The normalized spacial score (nSPS) is 16.9.